The van der Waals surface area contributed by atoms with Crippen LogP contribution >= 0.6 is 11.3 Å². The molecule has 1 N–H and O–H groups in total. The number of thiazole rings is 1. The number of alkyl halides is 2. The summed E-state index contributed by atoms with van der Waals surface area (Å²) in [5.41, 5.74) is -0.396. The molecule has 0 aromatic carbocycles. The fraction of sp³-hybridized carbons (Fsp3) is 0.571. The van der Waals surface area contributed by atoms with E-state index in [0.717, 1.165) is 11.3 Å². The van der Waals surface area contributed by atoms with Crippen molar-refractivity contribution in [1.82, 2.24) is 4.98 Å². The van der Waals surface area contributed by atoms with E-state index in [1.807, 2.05) is 0 Å². The van der Waals surface area contributed by atoms with E-state index in [1.54, 1.807) is 0 Å². The van der Waals surface area contributed by atoms with Crippen LogP contribution in [-0.2, 0) is 17.3 Å². The van der Waals surface area contributed by atoms with Crippen molar-refractivity contribution in [3.8, 4) is 0 Å². The summed E-state index contributed by atoms with van der Waals surface area (Å²) in [7, 11) is 1.46. The second kappa shape index (κ2) is 4.08. The molecule has 0 saturated heterocycles. The summed E-state index contributed by atoms with van der Waals surface area (Å²) in [5, 5.41) is 10.1. The van der Waals surface area contributed by atoms with Gasteiger partial charge in [0.15, 0.2) is 0 Å². The molecule has 0 amide bonds. The lowest BCUT2D eigenvalue weighted by Gasteiger charge is -2.08. The molecule has 0 aliphatic heterocycles. The van der Waals surface area contributed by atoms with Gasteiger partial charge in [-0.3, -0.25) is 0 Å². The van der Waals surface area contributed by atoms with Crippen LogP contribution in [0.5, 0.6) is 0 Å². The van der Waals surface area contributed by atoms with Gasteiger partial charge in [0.2, 0.25) is 0 Å². The summed E-state index contributed by atoms with van der Waals surface area (Å²) in [6.07, 6.45) is 0. The molecule has 74 valence electrons. The minimum atomic E-state index is -3.25. The highest BCUT2D eigenvalue weighted by Gasteiger charge is 2.33. The lowest BCUT2D eigenvalue weighted by atomic mass is 10.3. The molecule has 1 rings (SSSR count). The van der Waals surface area contributed by atoms with Gasteiger partial charge < -0.3 is 9.84 Å². The molecule has 1 aromatic rings. The molecule has 6 heteroatoms. The normalized spacial score (nSPS) is 12.0. The van der Waals surface area contributed by atoms with Crippen LogP contribution in [0.25, 0.3) is 0 Å². The lowest BCUT2D eigenvalue weighted by molar-refractivity contribution is -0.0589. The summed E-state index contributed by atoms with van der Waals surface area (Å²) in [6, 6.07) is 0. The number of aliphatic hydroxyl groups excluding tert-OH is 1. The van der Waals surface area contributed by atoms with Crippen molar-refractivity contribution in [3.63, 3.8) is 0 Å². The largest absolute Gasteiger partial charge is 0.390 e. The fourth-order valence-corrected chi connectivity index (χ4v) is 1.56. The standard InChI is InChI=1S/C7H9F2NO2S/c1-12-2-6-10-5(3-13-6)7(8,9)4-11/h3,11H,2,4H2,1H3. The third-order valence-electron chi connectivity index (χ3n) is 1.39. The highest BCUT2D eigenvalue weighted by Crippen LogP contribution is 2.28. The monoisotopic (exact) mass is 209 g/mol. The van der Waals surface area contributed by atoms with Crippen molar-refractivity contribution in [1.29, 1.82) is 0 Å². The third-order valence-corrected chi connectivity index (χ3v) is 2.22. The number of methoxy groups -OCH3 is 1. The van der Waals surface area contributed by atoms with E-state index in [0.29, 0.717) is 5.01 Å². The first-order valence-electron chi connectivity index (χ1n) is 3.52. The Morgan fingerprint density at radius 3 is 2.92 bits per heavy atom. The minimum Gasteiger partial charge on any atom is -0.390 e. The topological polar surface area (TPSA) is 42.4 Å². The smallest absolute Gasteiger partial charge is 0.313 e. The first-order valence-corrected chi connectivity index (χ1v) is 4.40. The first kappa shape index (κ1) is 10.5. The quantitative estimate of drug-likeness (QED) is 0.814. The first-order chi connectivity index (χ1) is 6.10. The van der Waals surface area contributed by atoms with Gasteiger partial charge in [-0.2, -0.15) is 8.78 Å². The molecule has 13 heavy (non-hydrogen) atoms. The van der Waals surface area contributed by atoms with E-state index in [1.165, 1.54) is 12.5 Å². The highest BCUT2D eigenvalue weighted by atomic mass is 32.1. The number of aromatic nitrogens is 1. The molecule has 0 atom stereocenters. The fourth-order valence-electron chi connectivity index (χ4n) is 0.750. The van der Waals surface area contributed by atoms with Gasteiger partial charge in [0, 0.05) is 12.5 Å². The van der Waals surface area contributed by atoms with Gasteiger partial charge in [0.05, 0.1) is 6.61 Å². The number of hydrogen-bond acceptors (Lipinski definition) is 4. The molecule has 3 nitrogen and oxygen atoms in total. The number of rotatable bonds is 4. The molecule has 1 aromatic heterocycles. The van der Waals surface area contributed by atoms with Crippen molar-refractivity contribution < 1.29 is 18.6 Å². The van der Waals surface area contributed by atoms with E-state index in [4.69, 9.17) is 9.84 Å². The molecule has 0 unspecified atom stereocenters. The molecular formula is C7H9F2NO2S. The second-order valence-electron chi connectivity index (χ2n) is 2.42. The zero-order valence-corrected chi connectivity index (χ0v) is 7.77. The van der Waals surface area contributed by atoms with E-state index in [-0.39, 0.29) is 6.61 Å². The number of halogens is 2. The predicted octanol–water partition coefficient (Wildman–Crippen LogP) is 1.37. The van der Waals surface area contributed by atoms with Gasteiger partial charge in [-0.15, -0.1) is 11.3 Å². The summed E-state index contributed by atoms with van der Waals surface area (Å²) in [5.74, 6) is -3.25. The Balaban J connectivity index is 2.79. The Morgan fingerprint density at radius 2 is 2.38 bits per heavy atom. The molecule has 1 heterocycles. The van der Waals surface area contributed by atoms with Gasteiger partial charge >= 0.3 is 5.92 Å². The van der Waals surface area contributed by atoms with Crippen LogP contribution in [0, 0.1) is 0 Å². The third kappa shape index (κ3) is 2.43. The number of aliphatic hydroxyl groups is 1. The number of hydrogen-bond donors (Lipinski definition) is 1. The van der Waals surface area contributed by atoms with Crippen molar-refractivity contribution >= 4 is 11.3 Å². The van der Waals surface area contributed by atoms with E-state index >= 15 is 0 Å². The molecule has 0 radical (unpaired) electrons. The summed E-state index contributed by atoms with van der Waals surface area (Å²) < 4.78 is 30.3. The predicted molar refractivity (Wildman–Crippen MR) is 43.8 cm³/mol. The molecular weight excluding hydrogens is 200 g/mol. The molecule has 0 fully saturated rings. The van der Waals surface area contributed by atoms with Crippen LogP contribution < -0.4 is 0 Å². The van der Waals surface area contributed by atoms with Crippen molar-refractivity contribution in [2.24, 2.45) is 0 Å². The van der Waals surface area contributed by atoms with Crippen LogP contribution in [0.15, 0.2) is 5.38 Å². The zero-order valence-electron chi connectivity index (χ0n) is 6.96. The van der Waals surface area contributed by atoms with Crippen LogP contribution in [0.4, 0.5) is 8.78 Å². The van der Waals surface area contributed by atoms with Gasteiger partial charge in [0.1, 0.15) is 17.3 Å². The van der Waals surface area contributed by atoms with Crippen molar-refractivity contribution in [2.45, 2.75) is 12.5 Å². The molecule has 0 aliphatic carbocycles. The lowest BCUT2D eigenvalue weighted by Crippen LogP contribution is -2.18. The SMILES string of the molecule is COCc1nc(C(F)(F)CO)cs1. The van der Waals surface area contributed by atoms with Crippen LogP contribution in [0.3, 0.4) is 0 Å². The van der Waals surface area contributed by atoms with Crippen LogP contribution in [0.2, 0.25) is 0 Å². The summed E-state index contributed by atoms with van der Waals surface area (Å²) in [6.45, 7) is -1.00. The number of nitrogens with zero attached hydrogens (tertiary/aromatic N) is 1. The van der Waals surface area contributed by atoms with Gasteiger partial charge in [-0.1, -0.05) is 0 Å². The average Bonchev–Trinajstić information content (AvgIpc) is 2.54. The van der Waals surface area contributed by atoms with Gasteiger partial charge in [0.25, 0.3) is 0 Å². The maximum atomic E-state index is 12.8. The molecule has 0 bridgehead atoms. The van der Waals surface area contributed by atoms with Crippen LogP contribution in [-0.4, -0.2) is 23.8 Å². The summed E-state index contributed by atoms with van der Waals surface area (Å²) in [4.78, 5) is 3.63. The second-order valence-corrected chi connectivity index (χ2v) is 3.36. The highest BCUT2D eigenvalue weighted by molar-refractivity contribution is 7.09. The van der Waals surface area contributed by atoms with Gasteiger partial charge in [-0.25, -0.2) is 4.98 Å². The van der Waals surface area contributed by atoms with Crippen molar-refractivity contribution in [3.05, 3.63) is 16.1 Å². The van der Waals surface area contributed by atoms with E-state index in [9.17, 15) is 8.78 Å². The average molecular weight is 209 g/mol. The Hall–Kier alpha value is -0.590. The Labute approximate surface area is 78.0 Å². The Kier molecular flexibility index (Phi) is 3.29. The maximum absolute atomic E-state index is 12.8. The van der Waals surface area contributed by atoms with Crippen molar-refractivity contribution in [2.75, 3.05) is 13.7 Å². The van der Waals surface area contributed by atoms with Gasteiger partial charge in [-0.05, 0) is 0 Å². The zero-order chi connectivity index (χ0) is 9.90. The van der Waals surface area contributed by atoms with E-state index < -0.39 is 18.2 Å². The Morgan fingerprint density at radius 1 is 1.69 bits per heavy atom. The molecule has 0 saturated carbocycles. The minimum absolute atomic E-state index is 0.214. The maximum Gasteiger partial charge on any atom is 0.313 e. The number of ether oxygens (including phenoxy) is 1. The van der Waals surface area contributed by atoms with Crippen LogP contribution in [0.1, 0.15) is 10.7 Å². The van der Waals surface area contributed by atoms with E-state index in [2.05, 4.69) is 4.98 Å². The molecule has 0 spiro atoms. The summed E-state index contributed by atoms with van der Waals surface area (Å²) >= 11 is 1.09. The molecule has 0 aliphatic rings. The Bertz CT molecular complexity index is 277.